The van der Waals surface area contributed by atoms with Gasteiger partial charge in [-0.15, -0.1) is 0 Å². The first-order chi connectivity index (χ1) is 9.54. The molecule has 0 fully saturated rings. The van der Waals surface area contributed by atoms with Crippen LogP contribution in [-0.2, 0) is 6.54 Å². The SMILES string of the molecule is Cc1cc(Oc2ccc(CNC(C)C)cc2)ccc1Br. The Morgan fingerprint density at radius 3 is 2.30 bits per heavy atom. The van der Waals surface area contributed by atoms with E-state index in [9.17, 15) is 0 Å². The van der Waals surface area contributed by atoms with Crippen LogP contribution in [-0.4, -0.2) is 6.04 Å². The van der Waals surface area contributed by atoms with E-state index in [0.29, 0.717) is 6.04 Å². The van der Waals surface area contributed by atoms with Crippen LogP contribution in [0.25, 0.3) is 0 Å². The van der Waals surface area contributed by atoms with Crippen molar-refractivity contribution in [3.8, 4) is 11.5 Å². The van der Waals surface area contributed by atoms with Gasteiger partial charge in [-0.1, -0.05) is 41.9 Å². The maximum atomic E-state index is 5.85. The van der Waals surface area contributed by atoms with Gasteiger partial charge in [0.2, 0.25) is 0 Å². The average molecular weight is 334 g/mol. The van der Waals surface area contributed by atoms with Gasteiger partial charge in [0, 0.05) is 17.1 Å². The second-order valence-corrected chi connectivity index (χ2v) is 6.05. The third-order valence-corrected chi connectivity index (χ3v) is 3.89. The molecule has 0 radical (unpaired) electrons. The molecular formula is C17H20BrNO. The number of ether oxygens (including phenoxy) is 1. The zero-order chi connectivity index (χ0) is 14.5. The number of hydrogen-bond donors (Lipinski definition) is 1. The largest absolute Gasteiger partial charge is 0.457 e. The monoisotopic (exact) mass is 333 g/mol. The summed E-state index contributed by atoms with van der Waals surface area (Å²) in [6.07, 6.45) is 0. The number of halogens is 1. The Labute approximate surface area is 129 Å². The summed E-state index contributed by atoms with van der Waals surface area (Å²) in [7, 11) is 0. The summed E-state index contributed by atoms with van der Waals surface area (Å²) in [5.74, 6) is 1.72. The molecule has 3 heteroatoms. The smallest absolute Gasteiger partial charge is 0.127 e. The van der Waals surface area contributed by atoms with E-state index in [1.54, 1.807) is 0 Å². The van der Waals surface area contributed by atoms with Crippen LogP contribution in [0.5, 0.6) is 11.5 Å². The van der Waals surface area contributed by atoms with Crippen LogP contribution in [0.3, 0.4) is 0 Å². The quantitative estimate of drug-likeness (QED) is 0.826. The topological polar surface area (TPSA) is 21.3 Å². The highest BCUT2D eigenvalue weighted by atomic mass is 79.9. The van der Waals surface area contributed by atoms with E-state index in [1.807, 2.05) is 30.3 Å². The molecule has 106 valence electrons. The lowest BCUT2D eigenvalue weighted by Gasteiger charge is -2.10. The van der Waals surface area contributed by atoms with Gasteiger partial charge in [-0.3, -0.25) is 0 Å². The second-order valence-electron chi connectivity index (χ2n) is 5.19. The highest BCUT2D eigenvalue weighted by Gasteiger charge is 2.01. The molecule has 0 atom stereocenters. The third kappa shape index (κ3) is 4.36. The summed E-state index contributed by atoms with van der Waals surface area (Å²) >= 11 is 3.49. The highest BCUT2D eigenvalue weighted by molar-refractivity contribution is 9.10. The van der Waals surface area contributed by atoms with Crippen molar-refractivity contribution in [2.45, 2.75) is 33.4 Å². The van der Waals surface area contributed by atoms with Gasteiger partial charge in [-0.05, 0) is 48.4 Å². The molecule has 2 aromatic carbocycles. The number of aryl methyl sites for hydroxylation is 1. The Kier molecular flexibility index (Phi) is 5.21. The molecule has 20 heavy (non-hydrogen) atoms. The maximum Gasteiger partial charge on any atom is 0.127 e. The standard InChI is InChI=1S/C17H20BrNO/c1-12(2)19-11-14-4-6-15(7-5-14)20-16-8-9-17(18)13(3)10-16/h4-10,12,19H,11H2,1-3H3. The van der Waals surface area contributed by atoms with Crippen LogP contribution >= 0.6 is 15.9 Å². The van der Waals surface area contributed by atoms with Gasteiger partial charge in [0.15, 0.2) is 0 Å². The molecule has 2 rings (SSSR count). The van der Waals surface area contributed by atoms with Crippen LogP contribution in [0.1, 0.15) is 25.0 Å². The van der Waals surface area contributed by atoms with Crippen LogP contribution in [0, 0.1) is 6.92 Å². The second kappa shape index (κ2) is 6.91. The lowest BCUT2D eigenvalue weighted by Crippen LogP contribution is -2.21. The summed E-state index contributed by atoms with van der Waals surface area (Å²) < 4.78 is 6.95. The van der Waals surface area contributed by atoms with Crippen LogP contribution in [0.15, 0.2) is 46.9 Å². The summed E-state index contributed by atoms with van der Waals surface area (Å²) in [4.78, 5) is 0. The molecule has 0 aliphatic carbocycles. The van der Waals surface area contributed by atoms with E-state index in [4.69, 9.17) is 4.74 Å². The zero-order valence-corrected chi connectivity index (χ0v) is 13.7. The Balaban J connectivity index is 2.01. The fourth-order valence-electron chi connectivity index (χ4n) is 1.81. The van der Waals surface area contributed by atoms with Gasteiger partial charge in [0.25, 0.3) is 0 Å². The molecule has 0 heterocycles. The minimum absolute atomic E-state index is 0.497. The molecule has 2 nitrogen and oxygen atoms in total. The molecule has 0 spiro atoms. The average Bonchev–Trinajstić information content (AvgIpc) is 2.42. The zero-order valence-electron chi connectivity index (χ0n) is 12.1. The van der Waals surface area contributed by atoms with E-state index in [1.165, 1.54) is 11.1 Å². The summed E-state index contributed by atoms with van der Waals surface area (Å²) in [6, 6.07) is 14.7. The van der Waals surface area contributed by atoms with Gasteiger partial charge in [0.05, 0.1) is 0 Å². The van der Waals surface area contributed by atoms with Crippen LogP contribution in [0.4, 0.5) is 0 Å². The number of nitrogens with one attached hydrogen (secondary N) is 1. The molecule has 2 aromatic rings. The fraction of sp³-hybridized carbons (Fsp3) is 0.294. The van der Waals surface area contributed by atoms with E-state index >= 15 is 0 Å². The van der Waals surface area contributed by atoms with Crippen LogP contribution < -0.4 is 10.1 Å². The Morgan fingerprint density at radius 1 is 1.05 bits per heavy atom. The van der Waals surface area contributed by atoms with Gasteiger partial charge in [0.1, 0.15) is 11.5 Å². The molecular weight excluding hydrogens is 314 g/mol. The predicted molar refractivity (Wildman–Crippen MR) is 87.4 cm³/mol. The molecule has 1 N–H and O–H groups in total. The first-order valence-electron chi connectivity index (χ1n) is 6.81. The van der Waals surface area contributed by atoms with E-state index < -0.39 is 0 Å². The number of rotatable bonds is 5. The van der Waals surface area contributed by atoms with Crippen molar-refractivity contribution in [1.82, 2.24) is 5.32 Å². The highest BCUT2D eigenvalue weighted by Crippen LogP contribution is 2.26. The molecule has 0 bridgehead atoms. The van der Waals surface area contributed by atoms with Crippen LogP contribution in [0.2, 0.25) is 0 Å². The number of hydrogen-bond acceptors (Lipinski definition) is 2. The molecule has 0 aliphatic heterocycles. The van der Waals surface area contributed by atoms with Crippen molar-refractivity contribution >= 4 is 15.9 Å². The fourth-order valence-corrected chi connectivity index (χ4v) is 2.06. The van der Waals surface area contributed by atoms with Gasteiger partial charge < -0.3 is 10.1 Å². The molecule has 0 unspecified atom stereocenters. The van der Waals surface area contributed by atoms with Gasteiger partial charge in [-0.25, -0.2) is 0 Å². The Bertz CT molecular complexity index is 564. The predicted octanol–water partition coefficient (Wildman–Crippen LogP) is 5.05. The first kappa shape index (κ1) is 15.1. The van der Waals surface area contributed by atoms with E-state index in [-0.39, 0.29) is 0 Å². The van der Waals surface area contributed by atoms with E-state index in [2.05, 4.69) is 54.2 Å². The Hall–Kier alpha value is -1.32. The first-order valence-corrected chi connectivity index (χ1v) is 7.60. The number of benzene rings is 2. The maximum absolute atomic E-state index is 5.85. The molecule has 0 aliphatic rings. The van der Waals surface area contributed by atoms with Crippen molar-refractivity contribution < 1.29 is 4.74 Å². The van der Waals surface area contributed by atoms with Gasteiger partial charge in [-0.2, -0.15) is 0 Å². The van der Waals surface area contributed by atoms with Crippen molar-refractivity contribution in [3.63, 3.8) is 0 Å². The minimum Gasteiger partial charge on any atom is -0.457 e. The van der Waals surface area contributed by atoms with E-state index in [0.717, 1.165) is 22.5 Å². The lowest BCUT2D eigenvalue weighted by atomic mass is 10.2. The lowest BCUT2D eigenvalue weighted by molar-refractivity contribution is 0.481. The minimum atomic E-state index is 0.497. The van der Waals surface area contributed by atoms with Crippen molar-refractivity contribution in [2.75, 3.05) is 0 Å². The van der Waals surface area contributed by atoms with Crippen molar-refractivity contribution in [1.29, 1.82) is 0 Å². The molecule has 0 saturated heterocycles. The Morgan fingerprint density at radius 2 is 1.70 bits per heavy atom. The molecule has 0 saturated carbocycles. The van der Waals surface area contributed by atoms with Crippen molar-refractivity contribution in [3.05, 3.63) is 58.1 Å². The summed E-state index contributed by atoms with van der Waals surface area (Å²) in [5, 5.41) is 3.40. The normalized spacial score (nSPS) is 10.8. The molecule has 0 amide bonds. The van der Waals surface area contributed by atoms with Crippen molar-refractivity contribution in [2.24, 2.45) is 0 Å². The van der Waals surface area contributed by atoms with Gasteiger partial charge >= 0.3 is 0 Å². The molecule has 0 aromatic heterocycles. The summed E-state index contributed by atoms with van der Waals surface area (Å²) in [5.41, 5.74) is 2.43. The summed E-state index contributed by atoms with van der Waals surface area (Å²) in [6.45, 7) is 7.23. The third-order valence-electron chi connectivity index (χ3n) is 3.00.